The molecule has 2 aromatic rings. The molecule has 0 bridgehead atoms. The van der Waals surface area contributed by atoms with Crippen LogP contribution in [0.25, 0.3) is 0 Å². The lowest BCUT2D eigenvalue weighted by Crippen LogP contribution is -2.65. The van der Waals surface area contributed by atoms with E-state index in [1.165, 1.54) is 0 Å². The van der Waals surface area contributed by atoms with Gasteiger partial charge in [-0.15, -0.1) is 0 Å². The number of aliphatic carboxylic acids is 1. The Bertz CT molecular complexity index is 1440. The van der Waals surface area contributed by atoms with Crippen LogP contribution in [-0.4, -0.2) is 68.7 Å². The number of rotatable bonds is 5. The van der Waals surface area contributed by atoms with Crippen LogP contribution >= 0.6 is 0 Å². The van der Waals surface area contributed by atoms with Gasteiger partial charge in [0.15, 0.2) is 5.82 Å². The summed E-state index contributed by atoms with van der Waals surface area (Å²) in [5, 5.41) is 10.5. The SMILES string of the molecule is O=C(O)C(F)(F)F.O=C1CN(c2c(OCc3ccccc3)cc3c(c2F)CN(C2CC4(CNC4)C2)CC3)S(=O)(=O)N1. The zero-order chi connectivity index (χ0) is 29.6. The molecule has 1 amide bonds. The van der Waals surface area contributed by atoms with E-state index in [9.17, 15) is 26.4 Å². The van der Waals surface area contributed by atoms with Gasteiger partial charge in [0.1, 0.15) is 24.6 Å². The quantitative estimate of drug-likeness (QED) is 0.447. The van der Waals surface area contributed by atoms with Crippen molar-refractivity contribution in [3.8, 4) is 5.75 Å². The molecule has 3 N–H and O–H groups in total. The van der Waals surface area contributed by atoms with Crippen LogP contribution in [0.2, 0.25) is 0 Å². The molecule has 0 unspecified atom stereocenters. The van der Waals surface area contributed by atoms with Crippen molar-refractivity contribution in [2.75, 3.05) is 30.5 Å². The van der Waals surface area contributed by atoms with Gasteiger partial charge >= 0.3 is 22.4 Å². The standard InChI is InChI=1S/C24H27FN4O4S.C2HF3O2/c25-22-19-11-28(18-9-24(10-18)14-26-15-24)7-6-17(19)8-20(33-13-16-4-2-1-3-5-16)23(22)29-12-21(30)27-34(29,31)32;3-2(4,5)1(6)7/h1-5,8,18,26H,6-7,9-15H2,(H,27,30);(H,6,7). The number of carbonyl (C=O) groups excluding carboxylic acids is 1. The topological polar surface area (TPSA) is 128 Å². The first kappa shape index (κ1) is 29.1. The Balaban J connectivity index is 0.000000431. The highest BCUT2D eigenvalue weighted by Gasteiger charge is 2.50. The molecule has 0 atom stereocenters. The third-order valence-electron chi connectivity index (χ3n) is 7.83. The Hall–Kier alpha value is -3.43. The molecule has 41 heavy (non-hydrogen) atoms. The van der Waals surface area contributed by atoms with E-state index in [-0.39, 0.29) is 18.0 Å². The monoisotopic (exact) mass is 600 g/mol. The van der Waals surface area contributed by atoms with Crippen LogP contribution in [0.4, 0.5) is 23.2 Å². The number of carbonyl (C=O) groups is 2. The van der Waals surface area contributed by atoms with Gasteiger partial charge in [-0.3, -0.25) is 9.69 Å². The molecule has 222 valence electrons. The average molecular weight is 601 g/mol. The Morgan fingerprint density at radius 3 is 2.34 bits per heavy atom. The summed E-state index contributed by atoms with van der Waals surface area (Å²) in [5.41, 5.74) is 2.43. The molecule has 1 spiro atoms. The molecule has 2 saturated heterocycles. The maximum atomic E-state index is 16.1. The number of halogens is 4. The van der Waals surface area contributed by atoms with Crippen LogP contribution in [0.3, 0.4) is 0 Å². The summed E-state index contributed by atoms with van der Waals surface area (Å²) >= 11 is 0. The van der Waals surface area contributed by atoms with E-state index >= 15 is 4.39 Å². The Morgan fingerprint density at radius 1 is 1.15 bits per heavy atom. The first-order valence-corrected chi connectivity index (χ1v) is 14.3. The first-order chi connectivity index (χ1) is 19.3. The second-order valence-electron chi connectivity index (χ2n) is 10.7. The van der Waals surface area contributed by atoms with Gasteiger partial charge in [0, 0.05) is 37.8 Å². The Morgan fingerprint density at radius 2 is 1.80 bits per heavy atom. The van der Waals surface area contributed by atoms with Crippen molar-refractivity contribution in [3.05, 3.63) is 58.9 Å². The van der Waals surface area contributed by atoms with Gasteiger partial charge in [0.05, 0.1) is 0 Å². The molecule has 10 nitrogen and oxygen atoms in total. The number of carboxylic acids is 1. The van der Waals surface area contributed by atoms with Crippen molar-refractivity contribution < 1.29 is 45.4 Å². The van der Waals surface area contributed by atoms with Gasteiger partial charge in [0.25, 0.3) is 5.91 Å². The highest BCUT2D eigenvalue weighted by Crippen LogP contribution is 2.48. The summed E-state index contributed by atoms with van der Waals surface area (Å²) in [4.78, 5) is 23.1. The fourth-order valence-electron chi connectivity index (χ4n) is 5.65. The van der Waals surface area contributed by atoms with Crippen LogP contribution in [0.1, 0.15) is 29.5 Å². The number of carboxylic acid groups (broad SMARTS) is 1. The maximum Gasteiger partial charge on any atom is 0.490 e. The maximum absolute atomic E-state index is 16.1. The van der Waals surface area contributed by atoms with E-state index in [0.717, 1.165) is 47.9 Å². The third-order valence-corrected chi connectivity index (χ3v) is 9.21. The number of hydrogen-bond donors (Lipinski definition) is 3. The van der Waals surface area contributed by atoms with Crippen LogP contribution in [0.5, 0.6) is 5.75 Å². The van der Waals surface area contributed by atoms with Crippen LogP contribution in [0, 0.1) is 11.2 Å². The zero-order valence-corrected chi connectivity index (χ0v) is 22.5. The molecular weight excluding hydrogens is 572 g/mol. The number of fused-ring (bicyclic) bond motifs is 1. The van der Waals surface area contributed by atoms with E-state index < -0.39 is 40.6 Å². The lowest BCUT2D eigenvalue weighted by molar-refractivity contribution is -0.192. The van der Waals surface area contributed by atoms with Crippen LogP contribution in [0.15, 0.2) is 36.4 Å². The van der Waals surface area contributed by atoms with E-state index in [4.69, 9.17) is 14.6 Å². The van der Waals surface area contributed by atoms with Gasteiger partial charge < -0.3 is 15.2 Å². The van der Waals surface area contributed by atoms with Crippen molar-refractivity contribution in [1.29, 1.82) is 0 Å². The molecule has 3 heterocycles. The number of benzene rings is 2. The molecule has 3 aliphatic heterocycles. The largest absolute Gasteiger partial charge is 0.490 e. The van der Waals surface area contributed by atoms with Crippen molar-refractivity contribution >= 4 is 27.8 Å². The van der Waals surface area contributed by atoms with E-state index in [0.29, 0.717) is 30.0 Å². The third kappa shape index (κ3) is 5.97. The van der Waals surface area contributed by atoms with Gasteiger partial charge in [-0.1, -0.05) is 30.3 Å². The number of alkyl halides is 3. The Labute approximate surface area is 233 Å². The number of hydrogen-bond acceptors (Lipinski definition) is 7. The van der Waals surface area contributed by atoms with E-state index in [2.05, 4.69) is 10.2 Å². The molecule has 15 heteroatoms. The predicted octanol–water partition coefficient (Wildman–Crippen LogP) is 2.33. The minimum atomic E-state index is -5.08. The van der Waals surface area contributed by atoms with Crippen LogP contribution < -0.4 is 19.1 Å². The highest BCUT2D eigenvalue weighted by molar-refractivity contribution is 7.92. The predicted molar refractivity (Wildman–Crippen MR) is 138 cm³/mol. The summed E-state index contributed by atoms with van der Waals surface area (Å²) in [6.45, 7) is 3.06. The summed E-state index contributed by atoms with van der Waals surface area (Å²) in [5.74, 6) is -3.93. The average Bonchev–Trinajstić information content (AvgIpc) is 3.13. The normalized spacial score (nSPS) is 21.2. The number of anilines is 1. The lowest BCUT2D eigenvalue weighted by atomic mass is 9.61. The minimum absolute atomic E-state index is 0.136. The van der Waals surface area contributed by atoms with Crippen molar-refractivity contribution in [2.45, 2.75) is 44.6 Å². The molecule has 1 aliphatic carbocycles. The van der Waals surface area contributed by atoms with Gasteiger partial charge in [-0.2, -0.15) is 21.6 Å². The van der Waals surface area contributed by atoms with E-state index in [1.807, 2.05) is 35.1 Å². The summed E-state index contributed by atoms with van der Waals surface area (Å²) in [7, 11) is -4.19. The fraction of sp³-hybridized carbons (Fsp3) is 0.462. The minimum Gasteiger partial charge on any atom is -0.487 e. The van der Waals surface area contributed by atoms with E-state index in [1.54, 1.807) is 6.07 Å². The summed E-state index contributed by atoms with van der Waals surface area (Å²) in [6.07, 6.45) is -2.19. The molecule has 6 rings (SSSR count). The highest BCUT2D eigenvalue weighted by atomic mass is 32.2. The Kier molecular flexibility index (Phi) is 7.63. The van der Waals surface area contributed by atoms with Gasteiger partial charge in [-0.25, -0.2) is 18.2 Å². The van der Waals surface area contributed by atoms with Crippen molar-refractivity contribution in [1.82, 2.24) is 14.9 Å². The second kappa shape index (κ2) is 10.8. The van der Waals surface area contributed by atoms with Crippen molar-refractivity contribution in [3.63, 3.8) is 0 Å². The molecule has 1 saturated carbocycles. The number of amides is 1. The number of nitrogens with one attached hydrogen (secondary N) is 2. The lowest BCUT2D eigenvalue weighted by Gasteiger charge is -2.57. The molecule has 0 aromatic heterocycles. The summed E-state index contributed by atoms with van der Waals surface area (Å²) in [6, 6.07) is 11.6. The van der Waals surface area contributed by atoms with Gasteiger partial charge in [0.2, 0.25) is 0 Å². The zero-order valence-electron chi connectivity index (χ0n) is 21.7. The number of nitrogens with zero attached hydrogens (tertiary/aromatic N) is 2. The molecule has 3 fully saturated rings. The smallest absolute Gasteiger partial charge is 0.487 e. The first-order valence-electron chi connectivity index (χ1n) is 12.9. The van der Waals surface area contributed by atoms with Crippen LogP contribution in [-0.2, 0) is 39.4 Å². The molecular formula is C26H28F4N4O6S. The second-order valence-corrected chi connectivity index (χ2v) is 12.3. The summed E-state index contributed by atoms with van der Waals surface area (Å²) < 4.78 is 81.7. The molecule has 2 aromatic carbocycles. The van der Waals surface area contributed by atoms with Gasteiger partial charge in [-0.05, 0) is 41.9 Å². The van der Waals surface area contributed by atoms with Crippen molar-refractivity contribution in [2.24, 2.45) is 5.41 Å². The fourth-order valence-corrected chi connectivity index (χ4v) is 6.81. The number of ether oxygens (including phenoxy) is 1. The molecule has 0 radical (unpaired) electrons. The molecule has 4 aliphatic rings.